The van der Waals surface area contributed by atoms with Crippen LogP contribution < -0.4 is 0 Å². The van der Waals surface area contributed by atoms with Gasteiger partial charge < -0.3 is 5.11 Å². The molecule has 2 heteroatoms. The van der Waals surface area contributed by atoms with Crippen LogP contribution in [0.15, 0.2) is 10.7 Å². The van der Waals surface area contributed by atoms with Gasteiger partial charge in [-0.15, -0.1) is 0 Å². The maximum atomic E-state index is 8.75. The summed E-state index contributed by atoms with van der Waals surface area (Å²) in [5, 5.41) is 8.75. The highest BCUT2D eigenvalue weighted by molar-refractivity contribution is 9.11. The third-order valence-corrected chi connectivity index (χ3v) is 1.17. The standard InChI is InChI=1S/C5H9BrO/c1-4(2)5(7)3-6/h3-4,7H,1-2H3/b5-3-. The molecule has 0 atom stereocenters. The Labute approximate surface area is 52.2 Å². The molecule has 0 aliphatic carbocycles. The molecule has 7 heavy (non-hydrogen) atoms. The van der Waals surface area contributed by atoms with Crippen molar-refractivity contribution in [1.29, 1.82) is 0 Å². The second-order valence-corrected chi connectivity index (χ2v) is 2.15. The predicted octanol–water partition coefficient (Wildman–Crippen LogP) is 2.44. The van der Waals surface area contributed by atoms with E-state index in [1.165, 1.54) is 4.99 Å². The molecule has 1 nitrogen and oxygen atoms in total. The minimum Gasteiger partial charge on any atom is -0.512 e. The van der Waals surface area contributed by atoms with Gasteiger partial charge in [-0.1, -0.05) is 29.8 Å². The number of aliphatic hydroxyl groups is 1. The second kappa shape index (κ2) is 3.08. The number of hydrogen-bond donors (Lipinski definition) is 1. The summed E-state index contributed by atoms with van der Waals surface area (Å²) in [7, 11) is 0. The van der Waals surface area contributed by atoms with Gasteiger partial charge in [0.1, 0.15) is 5.76 Å². The molecule has 0 aliphatic rings. The zero-order valence-electron chi connectivity index (χ0n) is 4.48. The van der Waals surface area contributed by atoms with Gasteiger partial charge in [0.2, 0.25) is 0 Å². The van der Waals surface area contributed by atoms with Gasteiger partial charge >= 0.3 is 0 Å². The minimum atomic E-state index is 0.236. The van der Waals surface area contributed by atoms with Crippen molar-refractivity contribution in [3.8, 4) is 0 Å². The Bertz CT molecular complexity index is 76.1. The zero-order chi connectivity index (χ0) is 5.86. The number of halogens is 1. The molecule has 0 bridgehead atoms. The fourth-order valence-electron chi connectivity index (χ4n) is 0.126. The summed E-state index contributed by atoms with van der Waals surface area (Å²) in [6.07, 6.45) is 0. The molecular formula is C5H9BrO. The van der Waals surface area contributed by atoms with Crippen molar-refractivity contribution in [1.82, 2.24) is 0 Å². The van der Waals surface area contributed by atoms with Gasteiger partial charge in [-0.2, -0.15) is 0 Å². The van der Waals surface area contributed by atoms with Crippen LogP contribution in [0, 0.1) is 5.92 Å². The van der Waals surface area contributed by atoms with E-state index >= 15 is 0 Å². The van der Waals surface area contributed by atoms with Crippen LogP contribution in [0.2, 0.25) is 0 Å². The lowest BCUT2D eigenvalue weighted by Gasteiger charge is -1.98. The van der Waals surface area contributed by atoms with E-state index in [2.05, 4.69) is 15.9 Å². The van der Waals surface area contributed by atoms with Crippen LogP contribution in [0.25, 0.3) is 0 Å². The van der Waals surface area contributed by atoms with Crippen LogP contribution in [0.4, 0.5) is 0 Å². The number of aliphatic hydroxyl groups excluding tert-OH is 1. The number of hydrogen-bond acceptors (Lipinski definition) is 1. The van der Waals surface area contributed by atoms with Crippen LogP contribution in [0.1, 0.15) is 13.8 Å². The quantitative estimate of drug-likeness (QED) is 0.591. The molecule has 0 saturated carbocycles. The average Bonchev–Trinajstić information content (AvgIpc) is 1.65. The summed E-state index contributed by atoms with van der Waals surface area (Å²) in [5.41, 5.74) is 0. The Kier molecular flexibility index (Phi) is 3.09. The maximum absolute atomic E-state index is 8.75. The molecule has 0 rings (SSSR count). The minimum absolute atomic E-state index is 0.236. The fraction of sp³-hybridized carbons (Fsp3) is 0.600. The first-order valence-electron chi connectivity index (χ1n) is 2.17. The summed E-state index contributed by atoms with van der Waals surface area (Å²) >= 11 is 3.00. The molecule has 0 unspecified atom stereocenters. The molecule has 42 valence electrons. The van der Waals surface area contributed by atoms with Crippen molar-refractivity contribution in [2.24, 2.45) is 5.92 Å². The Morgan fingerprint density at radius 1 is 1.71 bits per heavy atom. The topological polar surface area (TPSA) is 20.2 Å². The van der Waals surface area contributed by atoms with Crippen LogP contribution >= 0.6 is 15.9 Å². The first-order valence-corrected chi connectivity index (χ1v) is 3.09. The lowest BCUT2D eigenvalue weighted by atomic mass is 10.2. The van der Waals surface area contributed by atoms with E-state index < -0.39 is 0 Å². The summed E-state index contributed by atoms with van der Waals surface area (Å²) in [6.45, 7) is 3.85. The average molecular weight is 165 g/mol. The zero-order valence-corrected chi connectivity index (χ0v) is 6.07. The fourth-order valence-corrected chi connectivity index (χ4v) is 0.655. The molecule has 0 heterocycles. The van der Waals surface area contributed by atoms with Crippen LogP contribution in [0.3, 0.4) is 0 Å². The number of rotatable bonds is 1. The van der Waals surface area contributed by atoms with Crippen molar-refractivity contribution in [2.75, 3.05) is 0 Å². The molecule has 0 amide bonds. The van der Waals surface area contributed by atoms with E-state index in [0.29, 0.717) is 5.76 Å². The van der Waals surface area contributed by atoms with Crippen LogP contribution in [-0.2, 0) is 0 Å². The summed E-state index contributed by atoms with van der Waals surface area (Å²) in [4.78, 5) is 1.53. The van der Waals surface area contributed by atoms with Gasteiger partial charge in [0.25, 0.3) is 0 Å². The van der Waals surface area contributed by atoms with E-state index in [1.807, 2.05) is 13.8 Å². The highest BCUT2D eigenvalue weighted by atomic mass is 79.9. The van der Waals surface area contributed by atoms with Gasteiger partial charge in [-0.25, -0.2) is 0 Å². The van der Waals surface area contributed by atoms with Crippen molar-refractivity contribution in [3.05, 3.63) is 10.7 Å². The van der Waals surface area contributed by atoms with E-state index in [0.717, 1.165) is 0 Å². The van der Waals surface area contributed by atoms with E-state index in [4.69, 9.17) is 5.11 Å². The van der Waals surface area contributed by atoms with Crippen molar-refractivity contribution >= 4 is 15.9 Å². The highest BCUT2D eigenvalue weighted by Crippen LogP contribution is 2.05. The molecule has 0 spiro atoms. The monoisotopic (exact) mass is 164 g/mol. The Morgan fingerprint density at radius 3 is 2.14 bits per heavy atom. The summed E-state index contributed by atoms with van der Waals surface area (Å²) in [6, 6.07) is 0. The van der Waals surface area contributed by atoms with Crippen molar-refractivity contribution in [2.45, 2.75) is 13.8 Å². The molecule has 0 aromatic heterocycles. The molecule has 0 aliphatic heterocycles. The largest absolute Gasteiger partial charge is 0.512 e. The van der Waals surface area contributed by atoms with E-state index in [-0.39, 0.29) is 5.92 Å². The molecule has 0 aromatic rings. The second-order valence-electron chi connectivity index (χ2n) is 1.69. The third-order valence-electron chi connectivity index (χ3n) is 0.703. The SMILES string of the molecule is CC(C)/C(O)=C/Br. The Hall–Kier alpha value is 0.0200. The van der Waals surface area contributed by atoms with Gasteiger partial charge in [-0.3, -0.25) is 0 Å². The van der Waals surface area contributed by atoms with Crippen molar-refractivity contribution < 1.29 is 5.11 Å². The third kappa shape index (κ3) is 2.68. The lowest BCUT2D eigenvalue weighted by Crippen LogP contribution is -1.88. The summed E-state index contributed by atoms with van der Waals surface area (Å²) in [5.74, 6) is 0.624. The van der Waals surface area contributed by atoms with Gasteiger partial charge in [0.05, 0.1) is 0 Å². The normalized spacial score (nSPS) is 12.9. The number of allylic oxidation sites excluding steroid dienone is 1. The van der Waals surface area contributed by atoms with E-state index in [1.54, 1.807) is 0 Å². The van der Waals surface area contributed by atoms with Crippen LogP contribution in [0.5, 0.6) is 0 Å². The Balaban J connectivity index is 3.56. The lowest BCUT2D eigenvalue weighted by molar-refractivity contribution is 0.354. The summed E-state index contributed by atoms with van der Waals surface area (Å²) < 4.78 is 0. The van der Waals surface area contributed by atoms with E-state index in [9.17, 15) is 0 Å². The molecule has 0 radical (unpaired) electrons. The molecular weight excluding hydrogens is 156 g/mol. The van der Waals surface area contributed by atoms with Crippen LogP contribution in [-0.4, -0.2) is 5.11 Å². The highest BCUT2D eigenvalue weighted by Gasteiger charge is 1.94. The molecule has 0 fully saturated rings. The first-order chi connectivity index (χ1) is 3.18. The maximum Gasteiger partial charge on any atom is 0.102 e. The molecule has 1 N–H and O–H groups in total. The Morgan fingerprint density at radius 2 is 2.14 bits per heavy atom. The molecule has 0 saturated heterocycles. The predicted molar refractivity (Wildman–Crippen MR) is 34.5 cm³/mol. The van der Waals surface area contributed by atoms with Gasteiger partial charge in [0, 0.05) is 10.9 Å². The smallest absolute Gasteiger partial charge is 0.102 e. The van der Waals surface area contributed by atoms with Crippen molar-refractivity contribution in [3.63, 3.8) is 0 Å². The van der Waals surface area contributed by atoms with Gasteiger partial charge in [0.15, 0.2) is 0 Å². The first kappa shape index (κ1) is 7.02. The van der Waals surface area contributed by atoms with Gasteiger partial charge in [-0.05, 0) is 0 Å². The molecule has 0 aromatic carbocycles.